The molecule has 0 bridgehead atoms. The topological polar surface area (TPSA) is 58.9 Å². The molecule has 2 N–H and O–H groups in total. The molecule has 0 heterocycles. The third-order valence-corrected chi connectivity index (χ3v) is 2.60. The zero-order valence-corrected chi connectivity index (χ0v) is 10.4. The summed E-state index contributed by atoms with van der Waals surface area (Å²) in [7, 11) is -1.46. The van der Waals surface area contributed by atoms with Crippen LogP contribution in [0.2, 0.25) is 0 Å². The van der Waals surface area contributed by atoms with Gasteiger partial charge in [0.25, 0.3) is 0 Å². The van der Waals surface area contributed by atoms with E-state index >= 15 is 0 Å². The Hall–Kier alpha value is -1.82. The second kappa shape index (κ2) is 6.94. The maximum Gasteiger partial charge on any atom is 0.488 e. The summed E-state index contributed by atoms with van der Waals surface area (Å²) in [4.78, 5) is 0. The first kappa shape index (κ1) is 13.6. The van der Waals surface area contributed by atoms with Crippen molar-refractivity contribution in [2.75, 3.05) is 6.79 Å². The SMILES string of the molecule is OB(O)c1ccc(OCOCc2ccccc2)cc1. The quantitative estimate of drug-likeness (QED) is 0.459. The molecule has 0 amide bonds. The molecule has 0 atom stereocenters. The molecule has 0 fully saturated rings. The van der Waals surface area contributed by atoms with Gasteiger partial charge in [0.05, 0.1) is 6.61 Å². The van der Waals surface area contributed by atoms with E-state index in [1.54, 1.807) is 24.3 Å². The van der Waals surface area contributed by atoms with Gasteiger partial charge >= 0.3 is 7.12 Å². The zero-order chi connectivity index (χ0) is 13.5. The highest BCUT2D eigenvalue weighted by atomic mass is 16.7. The lowest BCUT2D eigenvalue weighted by Crippen LogP contribution is -2.29. The van der Waals surface area contributed by atoms with Gasteiger partial charge in [0.1, 0.15) is 5.75 Å². The Balaban J connectivity index is 1.74. The maximum absolute atomic E-state index is 8.94. The van der Waals surface area contributed by atoms with Gasteiger partial charge in [-0.15, -0.1) is 0 Å². The standard InChI is InChI=1S/C14H15BO4/c16-15(17)13-6-8-14(9-7-13)19-11-18-10-12-4-2-1-3-5-12/h1-9,16-17H,10-11H2. The van der Waals surface area contributed by atoms with Gasteiger partial charge in [-0.1, -0.05) is 42.5 Å². The smallest absolute Gasteiger partial charge is 0.468 e. The molecule has 2 aromatic carbocycles. The van der Waals surface area contributed by atoms with Crippen molar-refractivity contribution in [3.63, 3.8) is 0 Å². The van der Waals surface area contributed by atoms with Gasteiger partial charge in [-0.2, -0.15) is 0 Å². The second-order valence-corrected chi connectivity index (χ2v) is 4.04. The largest absolute Gasteiger partial charge is 0.488 e. The molecule has 0 unspecified atom stereocenters. The first-order valence-corrected chi connectivity index (χ1v) is 5.96. The summed E-state index contributed by atoms with van der Waals surface area (Å²) in [6.07, 6.45) is 0. The van der Waals surface area contributed by atoms with E-state index in [1.807, 2.05) is 30.3 Å². The predicted molar refractivity (Wildman–Crippen MR) is 73.0 cm³/mol. The summed E-state index contributed by atoms with van der Waals surface area (Å²) in [6.45, 7) is 0.643. The number of hydrogen-bond acceptors (Lipinski definition) is 4. The molecule has 0 spiro atoms. The van der Waals surface area contributed by atoms with E-state index in [1.165, 1.54) is 0 Å². The zero-order valence-electron chi connectivity index (χ0n) is 10.4. The van der Waals surface area contributed by atoms with E-state index in [-0.39, 0.29) is 6.79 Å². The number of benzene rings is 2. The van der Waals surface area contributed by atoms with Crippen LogP contribution < -0.4 is 10.2 Å². The maximum atomic E-state index is 8.94. The second-order valence-electron chi connectivity index (χ2n) is 4.04. The van der Waals surface area contributed by atoms with Gasteiger partial charge < -0.3 is 19.5 Å². The van der Waals surface area contributed by atoms with Crippen LogP contribution in [0.15, 0.2) is 54.6 Å². The molecule has 0 saturated heterocycles. The summed E-state index contributed by atoms with van der Waals surface area (Å²) in [5, 5.41) is 17.9. The van der Waals surface area contributed by atoms with Crippen molar-refractivity contribution in [3.8, 4) is 5.75 Å². The molecular formula is C14H15BO4. The summed E-state index contributed by atoms with van der Waals surface area (Å²) in [5.74, 6) is 0.623. The molecular weight excluding hydrogens is 243 g/mol. The van der Waals surface area contributed by atoms with E-state index < -0.39 is 7.12 Å². The molecule has 0 radical (unpaired) electrons. The van der Waals surface area contributed by atoms with Gasteiger partial charge in [-0.05, 0) is 23.2 Å². The summed E-state index contributed by atoms with van der Waals surface area (Å²) >= 11 is 0. The number of rotatable bonds is 6. The first-order chi connectivity index (χ1) is 9.25. The average Bonchev–Trinajstić information content (AvgIpc) is 2.45. The van der Waals surface area contributed by atoms with Gasteiger partial charge in [-0.3, -0.25) is 0 Å². The summed E-state index contributed by atoms with van der Waals surface area (Å²) in [5.41, 5.74) is 1.52. The van der Waals surface area contributed by atoms with E-state index in [4.69, 9.17) is 19.5 Å². The molecule has 2 rings (SSSR count). The Morgan fingerprint density at radius 3 is 2.21 bits per heavy atom. The Kier molecular flexibility index (Phi) is 4.97. The van der Waals surface area contributed by atoms with Gasteiger partial charge in [0.2, 0.25) is 0 Å². The molecule has 0 saturated carbocycles. The monoisotopic (exact) mass is 258 g/mol. The normalized spacial score (nSPS) is 10.2. The highest BCUT2D eigenvalue weighted by Gasteiger charge is 2.09. The Labute approximate surface area is 112 Å². The number of hydrogen-bond donors (Lipinski definition) is 2. The Morgan fingerprint density at radius 1 is 0.895 bits per heavy atom. The predicted octanol–water partition coefficient (Wildman–Crippen LogP) is 0.919. The van der Waals surface area contributed by atoms with Crippen molar-refractivity contribution < 1.29 is 19.5 Å². The fourth-order valence-corrected chi connectivity index (χ4v) is 1.58. The van der Waals surface area contributed by atoms with Crippen LogP contribution in [0.5, 0.6) is 5.75 Å². The highest BCUT2D eigenvalue weighted by molar-refractivity contribution is 6.58. The summed E-state index contributed by atoms with van der Waals surface area (Å²) in [6, 6.07) is 16.4. The summed E-state index contributed by atoms with van der Waals surface area (Å²) < 4.78 is 10.8. The van der Waals surface area contributed by atoms with Crippen LogP contribution >= 0.6 is 0 Å². The molecule has 98 valence electrons. The molecule has 0 aliphatic carbocycles. The van der Waals surface area contributed by atoms with Crippen LogP contribution in [0.1, 0.15) is 5.56 Å². The molecule has 5 heteroatoms. The van der Waals surface area contributed by atoms with Gasteiger partial charge in [0.15, 0.2) is 6.79 Å². The molecule has 0 aliphatic rings. The minimum Gasteiger partial charge on any atom is -0.468 e. The van der Waals surface area contributed by atoms with Crippen molar-refractivity contribution >= 4 is 12.6 Å². The fourth-order valence-electron chi connectivity index (χ4n) is 1.58. The Morgan fingerprint density at radius 2 is 1.58 bits per heavy atom. The van der Waals surface area contributed by atoms with Crippen molar-refractivity contribution in [2.45, 2.75) is 6.61 Å². The van der Waals surface area contributed by atoms with Crippen LogP contribution in [0.4, 0.5) is 0 Å². The highest BCUT2D eigenvalue weighted by Crippen LogP contribution is 2.08. The van der Waals surface area contributed by atoms with E-state index in [2.05, 4.69) is 0 Å². The molecule has 2 aromatic rings. The van der Waals surface area contributed by atoms with Crippen LogP contribution in [-0.2, 0) is 11.3 Å². The lowest BCUT2D eigenvalue weighted by molar-refractivity contribution is 0.00506. The van der Waals surface area contributed by atoms with Crippen molar-refractivity contribution in [1.82, 2.24) is 0 Å². The average molecular weight is 258 g/mol. The fraction of sp³-hybridized carbons (Fsp3) is 0.143. The van der Waals surface area contributed by atoms with Crippen LogP contribution in [0, 0.1) is 0 Å². The van der Waals surface area contributed by atoms with E-state index in [0.717, 1.165) is 5.56 Å². The molecule has 4 nitrogen and oxygen atoms in total. The lowest BCUT2D eigenvalue weighted by atomic mass is 9.80. The van der Waals surface area contributed by atoms with Crippen LogP contribution in [0.3, 0.4) is 0 Å². The Bertz CT molecular complexity index is 485. The lowest BCUT2D eigenvalue weighted by Gasteiger charge is -2.08. The molecule has 0 aliphatic heterocycles. The van der Waals surface area contributed by atoms with E-state index in [0.29, 0.717) is 17.8 Å². The van der Waals surface area contributed by atoms with Crippen LogP contribution in [-0.4, -0.2) is 24.0 Å². The van der Waals surface area contributed by atoms with Crippen LogP contribution in [0.25, 0.3) is 0 Å². The van der Waals surface area contributed by atoms with Gasteiger partial charge in [-0.25, -0.2) is 0 Å². The van der Waals surface area contributed by atoms with Crippen molar-refractivity contribution in [3.05, 3.63) is 60.2 Å². The minimum atomic E-state index is -1.46. The third kappa shape index (κ3) is 4.41. The molecule has 0 aromatic heterocycles. The van der Waals surface area contributed by atoms with Crippen molar-refractivity contribution in [1.29, 1.82) is 0 Å². The van der Waals surface area contributed by atoms with Crippen molar-refractivity contribution in [2.24, 2.45) is 0 Å². The van der Waals surface area contributed by atoms with E-state index in [9.17, 15) is 0 Å². The van der Waals surface area contributed by atoms with Gasteiger partial charge in [0, 0.05) is 0 Å². The minimum absolute atomic E-state index is 0.149. The number of ether oxygens (including phenoxy) is 2. The first-order valence-electron chi connectivity index (χ1n) is 5.96. The molecule has 19 heavy (non-hydrogen) atoms. The third-order valence-electron chi connectivity index (χ3n) is 2.60.